The summed E-state index contributed by atoms with van der Waals surface area (Å²) in [7, 11) is 0. The lowest BCUT2D eigenvalue weighted by Gasteiger charge is -2.33. The second kappa shape index (κ2) is 8.92. The van der Waals surface area contributed by atoms with E-state index in [4.69, 9.17) is 0 Å². The monoisotopic (exact) mass is 530 g/mol. The van der Waals surface area contributed by atoms with Crippen molar-refractivity contribution in [2.24, 2.45) is 0 Å². The summed E-state index contributed by atoms with van der Waals surface area (Å²) in [6, 6.07) is 18.6. The van der Waals surface area contributed by atoms with E-state index in [1.54, 1.807) is 18.2 Å². The van der Waals surface area contributed by atoms with Crippen LogP contribution in [0, 0.1) is 5.82 Å². The second-order valence-electron chi connectivity index (χ2n) is 7.23. The van der Waals surface area contributed by atoms with E-state index in [-0.39, 0.29) is 23.8 Å². The first kappa shape index (κ1) is 21.1. The summed E-state index contributed by atoms with van der Waals surface area (Å²) in [6.45, 7) is 2.13. The van der Waals surface area contributed by atoms with Crippen LogP contribution >= 0.6 is 31.9 Å². The van der Waals surface area contributed by atoms with Crippen molar-refractivity contribution in [2.45, 2.75) is 25.6 Å². The number of phenolic OH excluding ortho intramolecular Hbond substituents is 1. The predicted octanol–water partition coefficient (Wildman–Crippen LogP) is 6.59. The minimum atomic E-state index is -0.304. The van der Waals surface area contributed by atoms with Crippen molar-refractivity contribution in [2.75, 3.05) is 0 Å². The smallest absolute Gasteiger partial charge is 0.137 e. The summed E-state index contributed by atoms with van der Waals surface area (Å²) in [5, 5.41) is 17.5. The molecular formula is C24H21Br2FN2O. The lowest BCUT2D eigenvalue weighted by Crippen LogP contribution is -2.39. The number of nitrogens with one attached hydrogen (secondary N) is 2. The minimum absolute atomic E-state index is 0.216. The van der Waals surface area contributed by atoms with Gasteiger partial charge in [-0.25, -0.2) is 4.39 Å². The van der Waals surface area contributed by atoms with Crippen molar-refractivity contribution in [1.82, 2.24) is 10.6 Å². The maximum Gasteiger partial charge on any atom is 0.137 e. The van der Waals surface area contributed by atoms with Gasteiger partial charge in [-0.3, -0.25) is 5.32 Å². The Balaban J connectivity index is 1.77. The van der Waals surface area contributed by atoms with E-state index in [9.17, 15) is 9.50 Å². The maximum absolute atomic E-state index is 13.8. The van der Waals surface area contributed by atoms with E-state index in [2.05, 4.69) is 79.8 Å². The van der Waals surface area contributed by atoms with Crippen LogP contribution in [0.4, 0.5) is 4.39 Å². The number of phenols is 1. The van der Waals surface area contributed by atoms with Gasteiger partial charge in [0, 0.05) is 15.7 Å². The van der Waals surface area contributed by atoms with Gasteiger partial charge in [-0.2, -0.15) is 0 Å². The molecule has 3 aromatic rings. The summed E-state index contributed by atoms with van der Waals surface area (Å²) in [6.07, 6.45) is 2.78. The van der Waals surface area contributed by atoms with Crippen LogP contribution < -0.4 is 10.6 Å². The molecule has 1 aliphatic heterocycles. The van der Waals surface area contributed by atoms with Gasteiger partial charge in [0.25, 0.3) is 0 Å². The van der Waals surface area contributed by atoms with Crippen molar-refractivity contribution < 1.29 is 9.50 Å². The number of benzene rings is 3. The molecule has 6 heteroatoms. The number of rotatable bonds is 4. The summed E-state index contributed by atoms with van der Waals surface area (Å²) >= 11 is 6.77. The predicted molar refractivity (Wildman–Crippen MR) is 125 cm³/mol. The lowest BCUT2D eigenvalue weighted by molar-refractivity contribution is 0.418. The first-order valence-corrected chi connectivity index (χ1v) is 11.3. The topological polar surface area (TPSA) is 44.3 Å². The third-order valence-corrected chi connectivity index (χ3v) is 6.36. The Morgan fingerprint density at radius 3 is 2.47 bits per heavy atom. The van der Waals surface area contributed by atoms with Gasteiger partial charge < -0.3 is 10.4 Å². The number of aromatic hydroxyl groups is 1. The first-order valence-electron chi connectivity index (χ1n) is 9.71. The van der Waals surface area contributed by atoms with Gasteiger partial charge in [-0.05, 0) is 75.4 Å². The van der Waals surface area contributed by atoms with E-state index < -0.39 is 0 Å². The van der Waals surface area contributed by atoms with Crippen molar-refractivity contribution >= 4 is 37.6 Å². The molecule has 0 fully saturated rings. The van der Waals surface area contributed by atoms with Crippen LogP contribution in [0.2, 0.25) is 0 Å². The molecule has 0 bridgehead atoms. The van der Waals surface area contributed by atoms with Gasteiger partial charge in [0.1, 0.15) is 17.7 Å². The highest BCUT2D eigenvalue weighted by atomic mass is 79.9. The minimum Gasteiger partial charge on any atom is -0.508 e. The fourth-order valence-electron chi connectivity index (χ4n) is 3.56. The Bertz CT molecular complexity index is 1100. The van der Waals surface area contributed by atoms with Crippen LogP contribution in [-0.4, -0.2) is 5.11 Å². The van der Waals surface area contributed by atoms with Gasteiger partial charge >= 0.3 is 0 Å². The van der Waals surface area contributed by atoms with E-state index in [0.29, 0.717) is 4.47 Å². The molecule has 0 saturated heterocycles. The fraction of sp³-hybridized carbons (Fsp3) is 0.167. The van der Waals surface area contributed by atoms with Crippen LogP contribution in [-0.2, 0) is 6.42 Å². The number of aryl methyl sites for hydroxylation is 1. The zero-order valence-electron chi connectivity index (χ0n) is 16.3. The van der Waals surface area contributed by atoms with E-state index in [1.165, 1.54) is 11.6 Å². The molecule has 0 amide bonds. The Labute approximate surface area is 192 Å². The highest BCUT2D eigenvalue weighted by Gasteiger charge is 2.26. The van der Waals surface area contributed by atoms with Crippen molar-refractivity contribution in [3.05, 3.63) is 104 Å². The largest absolute Gasteiger partial charge is 0.508 e. The third kappa shape index (κ3) is 4.46. The molecule has 1 heterocycles. The second-order valence-corrected chi connectivity index (χ2v) is 9.00. The molecule has 0 saturated carbocycles. The van der Waals surface area contributed by atoms with Crippen LogP contribution in [0.15, 0.2) is 75.7 Å². The Morgan fingerprint density at radius 2 is 1.77 bits per heavy atom. The third-order valence-electron chi connectivity index (χ3n) is 5.25. The van der Waals surface area contributed by atoms with Crippen LogP contribution in [0.3, 0.4) is 0 Å². The number of halogens is 3. The van der Waals surface area contributed by atoms with Crippen LogP contribution in [0.5, 0.6) is 5.75 Å². The molecule has 0 radical (unpaired) electrons. The molecule has 3 aromatic carbocycles. The maximum atomic E-state index is 13.8. The van der Waals surface area contributed by atoms with Crippen molar-refractivity contribution in [3.63, 3.8) is 0 Å². The van der Waals surface area contributed by atoms with Gasteiger partial charge in [-0.1, -0.05) is 53.2 Å². The van der Waals surface area contributed by atoms with E-state index >= 15 is 0 Å². The molecule has 3 N–H and O–H groups in total. The molecule has 154 valence electrons. The summed E-state index contributed by atoms with van der Waals surface area (Å²) in [4.78, 5) is 0. The molecule has 2 unspecified atom stereocenters. The van der Waals surface area contributed by atoms with Crippen molar-refractivity contribution in [1.29, 1.82) is 0 Å². The van der Waals surface area contributed by atoms with Gasteiger partial charge in [0.05, 0.1) is 10.5 Å². The Morgan fingerprint density at radius 1 is 1.00 bits per heavy atom. The molecule has 30 heavy (non-hydrogen) atoms. The molecule has 2 atom stereocenters. The fourth-order valence-corrected chi connectivity index (χ4v) is 4.34. The quantitative estimate of drug-likeness (QED) is 0.355. The van der Waals surface area contributed by atoms with E-state index in [0.717, 1.165) is 33.3 Å². The lowest BCUT2D eigenvalue weighted by atomic mass is 9.97. The van der Waals surface area contributed by atoms with E-state index in [1.807, 2.05) is 12.1 Å². The first-order chi connectivity index (χ1) is 14.4. The van der Waals surface area contributed by atoms with Gasteiger partial charge in [0.15, 0.2) is 0 Å². The van der Waals surface area contributed by atoms with Crippen LogP contribution in [0.1, 0.15) is 41.4 Å². The van der Waals surface area contributed by atoms with Gasteiger partial charge in [-0.15, -0.1) is 0 Å². The SMILES string of the molecule is CCc1ccc(C2=CC(c3cc(Br)ccc3O)NC(c3ccc(F)c(Br)c3)N2)cc1. The molecule has 0 spiro atoms. The average Bonchev–Trinajstić information content (AvgIpc) is 2.77. The average molecular weight is 532 g/mol. The van der Waals surface area contributed by atoms with Crippen LogP contribution in [0.25, 0.3) is 5.70 Å². The Kier molecular flexibility index (Phi) is 6.27. The zero-order chi connectivity index (χ0) is 21.3. The highest BCUT2D eigenvalue weighted by molar-refractivity contribution is 9.10. The molecule has 3 nitrogen and oxygen atoms in total. The van der Waals surface area contributed by atoms with Gasteiger partial charge in [0.2, 0.25) is 0 Å². The number of hydrogen-bond donors (Lipinski definition) is 3. The molecule has 0 aromatic heterocycles. The Hall–Kier alpha value is -2.15. The standard InChI is InChI=1S/C24H21Br2FN2O/c1-2-14-3-5-15(6-4-14)21-13-22(18-12-17(25)8-10-23(18)30)29-24(28-21)16-7-9-20(27)19(26)11-16/h3-13,22,24,28-30H,2H2,1H3. The zero-order valence-corrected chi connectivity index (χ0v) is 19.5. The van der Waals surface area contributed by atoms with Crippen molar-refractivity contribution in [3.8, 4) is 5.75 Å². The molecule has 0 aliphatic carbocycles. The molecule has 1 aliphatic rings. The highest BCUT2D eigenvalue weighted by Crippen LogP contribution is 2.35. The summed E-state index contributed by atoms with van der Waals surface area (Å²) in [5.74, 6) is -0.0877. The normalized spacial score (nSPS) is 18.6. The molecular weight excluding hydrogens is 511 g/mol. The molecule has 4 rings (SSSR count). The number of hydrogen-bond acceptors (Lipinski definition) is 3. The summed E-state index contributed by atoms with van der Waals surface area (Å²) in [5.41, 5.74) is 4.93. The summed E-state index contributed by atoms with van der Waals surface area (Å²) < 4.78 is 15.1.